The SMILES string of the molecule is Cc1cccc(C)c1-n1nnnc1C(c1ccnc2ccccc12)N1CCN(C(=O)OC(C)(C)C)CC1. The first-order chi connectivity index (χ1) is 17.7. The third-order valence-electron chi connectivity index (χ3n) is 6.70. The zero-order chi connectivity index (χ0) is 26.2. The number of tetrazole rings is 1. The number of benzene rings is 2. The fraction of sp³-hybridized carbons (Fsp3) is 0.393. The van der Waals surface area contributed by atoms with Crippen molar-refractivity contribution >= 4 is 17.0 Å². The molecule has 192 valence electrons. The first-order valence-electron chi connectivity index (χ1n) is 12.6. The number of piperazine rings is 1. The Morgan fingerprint density at radius 3 is 2.35 bits per heavy atom. The molecule has 0 radical (unpaired) electrons. The van der Waals surface area contributed by atoms with E-state index < -0.39 is 5.60 Å². The first-order valence-corrected chi connectivity index (χ1v) is 12.6. The minimum Gasteiger partial charge on any atom is -0.444 e. The fourth-order valence-electron chi connectivity index (χ4n) is 5.01. The van der Waals surface area contributed by atoms with Crippen LogP contribution in [-0.4, -0.2) is 72.9 Å². The summed E-state index contributed by atoms with van der Waals surface area (Å²) in [5.41, 5.74) is 4.66. The van der Waals surface area contributed by atoms with E-state index in [0.29, 0.717) is 26.2 Å². The zero-order valence-electron chi connectivity index (χ0n) is 22.0. The molecule has 9 heteroatoms. The van der Waals surface area contributed by atoms with E-state index in [9.17, 15) is 4.79 Å². The molecule has 1 atom stereocenters. The number of hydrogen-bond donors (Lipinski definition) is 0. The van der Waals surface area contributed by atoms with Crippen molar-refractivity contribution in [3.05, 3.63) is 77.2 Å². The summed E-state index contributed by atoms with van der Waals surface area (Å²) in [6.45, 7) is 12.2. The lowest BCUT2D eigenvalue weighted by Gasteiger charge is -2.39. The number of hydrogen-bond acceptors (Lipinski definition) is 7. The molecule has 4 aromatic rings. The van der Waals surface area contributed by atoms with E-state index in [1.807, 2.05) is 55.9 Å². The predicted molar refractivity (Wildman–Crippen MR) is 142 cm³/mol. The second-order valence-corrected chi connectivity index (χ2v) is 10.5. The van der Waals surface area contributed by atoms with Gasteiger partial charge < -0.3 is 9.64 Å². The first kappa shape index (κ1) is 24.8. The second-order valence-electron chi connectivity index (χ2n) is 10.5. The van der Waals surface area contributed by atoms with Crippen LogP contribution in [0.5, 0.6) is 0 Å². The van der Waals surface area contributed by atoms with E-state index in [1.54, 1.807) is 4.90 Å². The van der Waals surface area contributed by atoms with E-state index in [-0.39, 0.29) is 12.1 Å². The van der Waals surface area contributed by atoms with Crippen molar-refractivity contribution in [2.75, 3.05) is 26.2 Å². The van der Waals surface area contributed by atoms with Gasteiger partial charge in [0.2, 0.25) is 0 Å². The largest absolute Gasteiger partial charge is 0.444 e. The number of nitrogens with zero attached hydrogens (tertiary/aromatic N) is 7. The molecule has 0 N–H and O–H groups in total. The molecule has 0 spiro atoms. The van der Waals surface area contributed by atoms with Gasteiger partial charge in [-0.05, 0) is 73.9 Å². The van der Waals surface area contributed by atoms with Crippen LogP contribution in [0.1, 0.15) is 49.3 Å². The van der Waals surface area contributed by atoms with Crippen molar-refractivity contribution in [3.8, 4) is 5.69 Å². The number of fused-ring (bicyclic) bond motifs is 1. The minimum atomic E-state index is -0.528. The number of ether oxygens (including phenoxy) is 1. The Kier molecular flexibility index (Phi) is 6.64. The second kappa shape index (κ2) is 9.89. The summed E-state index contributed by atoms with van der Waals surface area (Å²) in [4.78, 5) is 21.4. The smallest absolute Gasteiger partial charge is 0.410 e. The maximum atomic E-state index is 12.7. The van der Waals surface area contributed by atoms with E-state index >= 15 is 0 Å². The Hall–Kier alpha value is -3.85. The molecule has 1 amide bonds. The van der Waals surface area contributed by atoms with Gasteiger partial charge in [0.15, 0.2) is 5.82 Å². The maximum Gasteiger partial charge on any atom is 0.410 e. The van der Waals surface area contributed by atoms with Gasteiger partial charge in [0, 0.05) is 37.8 Å². The molecule has 5 rings (SSSR count). The lowest BCUT2D eigenvalue weighted by atomic mass is 9.98. The van der Waals surface area contributed by atoms with Crippen molar-refractivity contribution in [3.63, 3.8) is 0 Å². The number of amides is 1. The molecule has 0 bridgehead atoms. The van der Waals surface area contributed by atoms with Gasteiger partial charge in [0.05, 0.1) is 17.2 Å². The normalized spacial score (nSPS) is 15.6. The van der Waals surface area contributed by atoms with Gasteiger partial charge in [-0.3, -0.25) is 9.88 Å². The summed E-state index contributed by atoms with van der Waals surface area (Å²) in [6.07, 6.45) is 1.56. The van der Waals surface area contributed by atoms with Gasteiger partial charge in [-0.15, -0.1) is 5.10 Å². The van der Waals surface area contributed by atoms with E-state index in [4.69, 9.17) is 4.74 Å². The number of carbonyl (C=O) groups is 1. The molecule has 1 aliphatic rings. The average Bonchev–Trinajstić information content (AvgIpc) is 3.32. The summed E-state index contributed by atoms with van der Waals surface area (Å²) in [6, 6.07) is 16.1. The van der Waals surface area contributed by atoms with Crippen molar-refractivity contribution in [1.29, 1.82) is 0 Å². The number of aryl methyl sites for hydroxylation is 2. The highest BCUT2D eigenvalue weighted by molar-refractivity contribution is 5.82. The van der Waals surface area contributed by atoms with Crippen LogP contribution in [0.2, 0.25) is 0 Å². The van der Waals surface area contributed by atoms with Gasteiger partial charge in [-0.25, -0.2) is 4.79 Å². The van der Waals surface area contributed by atoms with Crippen LogP contribution in [0.4, 0.5) is 4.79 Å². The molecule has 0 aliphatic carbocycles. The van der Waals surface area contributed by atoms with Gasteiger partial charge >= 0.3 is 6.09 Å². The summed E-state index contributed by atoms with van der Waals surface area (Å²) in [7, 11) is 0. The number of rotatable bonds is 4. The molecular formula is C28H33N7O2. The summed E-state index contributed by atoms with van der Waals surface area (Å²) < 4.78 is 7.48. The van der Waals surface area contributed by atoms with Gasteiger partial charge in [-0.2, -0.15) is 4.68 Å². The van der Waals surface area contributed by atoms with Crippen LogP contribution >= 0.6 is 0 Å². The molecule has 0 saturated carbocycles. The topological polar surface area (TPSA) is 89.3 Å². The number of para-hydroxylation sites is 2. The fourth-order valence-corrected chi connectivity index (χ4v) is 5.01. The van der Waals surface area contributed by atoms with Crippen LogP contribution in [0.3, 0.4) is 0 Å². The number of pyridine rings is 1. The molecule has 1 aliphatic heterocycles. The monoisotopic (exact) mass is 499 g/mol. The van der Waals surface area contributed by atoms with Gasteiger partial charge in [-0.1, -0.05) is 36.4 Å². The Labute approximate surface area is 217 Å². The summed E-state index contributed by atoms with van der Waals surface area (Å²) in [5.74, 6) is 0.736. The number of carbonyl (C=O) groups excluding carboxylic acids is 1. The van der Waals surface area contributed by atoms with Crippen molar-refractivity contribution < 1.29 is 9.53 Å². The quantitative estimate of drug-likeness (QED) is 0.409. The molecule has 37 heavy (non-hydrogen) atoms. The highest BCUT2D eigenvalue weighted by Gasteiger charge is 2.34. The van der Waals surface area contributed by atoms with Gasteiger partial charge in [0.1, 0.15) is 5.60 Å². The molecule has 2 aromatic carbocycles. The van der Waals surface area contributed by atoms with Crippen LogP contribution in [0.15, 0.2) is 54.7 Å². The lowest BCUT2D eigenvalue weighted by Crippen LogP contribution is -2.51. The highest BCUT2D eigenvalue weighted by Crippen LogP contribution is 2.34. The zero-order valence-corrected chi connectivity index (χ0v) is 22.0. The van der Waals surface area contributed by atoms with Crippen molar-refractivity contribution in [1.82, 2.24) is 35.0 Å². The van der Waals surface area contributed by atoms with Crippen LogP contribution in [0, 0.1) is 13.8 Å². The van der Waals surface area contributed by atoms with Crippen molar-refractivity contribution in [2.45, 2.75) is 46.3 Å². The standard InChI is InChI=1S/C28H33N7O2/c1-19-9-8-10-20(2)24(19)35-26(30-31-32-35)25(22-13-14-29-23-12-7-6-11-21(22)23)33-15-17-34(18-16-33)27(36)37-28(3,4)5/h6-14,25H,15-18H2,1-5H3. The summed E-state index contributed by atoms with van der Waals surface area (Å²) in [5, 5.41) is 14.2. The van der Waals surface area contributed by atoms with Crippen LogP contribution in [0.25, 0.3) is 16.6 Å². The average molecular weight is 500 g/mol. The maximum absolute atomic E-state index is 12.7. The molecule has 3 heterocycles. The molecule has 2 aromatic heterocycles. The minimum absolute atomic E-state index is 0.234. The third kappa shape index (κ3) is 5.04. The molecule has 9 nitrogen and oxygen atoms in total. The number of aromatic nitrogens is 5. The predicted octanol–water partition coefficient (Wildman–Crippen LogP) is 4.47. The molecule has 1 unspecified atom stereocenters. The van der Waals surface area contributed by atoms with Gasteiger partial charge in [0.25, 0.3) is 0 Å². The Balaban J connectivity index is 1.56. The van der Waals surface area contributed by atoms with E-state index in [1.165, 1.54) is 0 Å². The Bertz CT molecular complexity index is 1390. The summed E-state index contributed by atoms with van der Waals surface area (Å²) >= 11 is 0. The molecule has 1 fully saturated rings. The highest BCUT2D eigenvalue weighted by atomic mass is 16.6. The molecule has 1 saturated heterocycles. The van der Waals surface area contributed by atoms with E-state index in [2.05, 4.69) is 63.5 Å². The lowest BCUT2D eigenvalue weighted by molar-refractivity contribution is 0.0116. The third-order valence-corrected chi connectivity index (χ3v) is 6.70. The molecular weight excluding hydrogens is 466 g/mol. The van der Waals surface area contributed by atoms with Crippen molar-refractivity contribution in [2.24, 2.45) is 0 Å². The Morgan fingerprint density at radius 2 is 1.65 bits per heavy atom. The van der Waals surface area contributed by atoms with Crippen LogP contribution in [-0.2, 0) is 4.74 Å². The van der Waals surface area contributed by atoms with E-state index in [0.717, 1.165) is 39.1 Å². The van der Waals surface area contributed by atoms with Crippen LogP contribution < -0.4 is 0 Å². The Morgan fingerprint density at radius 1 is 0.946 bits per heavy atom.